The maximum absolute atomic E-state index is 13.0. The predicted octanol–water partition coefficient (Wildman–Crippen LogP) is 3.51. The predicted molar refractivity (Wildman–Crippen MR) is 95.8 cm³/mol. The van der Waals surface area contributed by atoms with E-state index in [1.807, 2.05) is 0 Å². The second-order valence-corrected chi connectivity index (χ2v) is 10.3. The van der Waals surface area contributed by atoms with Crippen molar-refractivity contribution in [2.45, 2.75) is 71.4 Å². The molecule has 1 aliphatic heterocycles. The summed E-state index contributed by atoms with van der Waals surface area (Å²) in [5, 5.41) is 1.19. The summed E-state index contributed by atoms with van der Waals surface area (Å²) in [6, 6.07) is 0. The van der Waals surface area contributed by atoms with Crippen LogP contribution < -0.4 is 0 Å². The van der Waals surface area contributed by atoms with Gasteiger partial charge >= 0.3 is 19.8 Å². The number of hydrazine groups is 1. The molecule has 1 heterocycles. The molecular weight excluding hydrogens is 379 g/mol. The number of hydrogen-bond acceptors (Lipinski definition) is 8. The second kappa shape index (κ2) is 8.16. The van der Waals surface area contributed by atoms with Crippen molar-refractivity contribution in [2.24, 2.45) is 0 Å². The third-order valence-corrected chi connectivity index (χ3v) is 5.60. The van der Waals surface area contributed by atoms with Crippen LogP contribution >= 0.6 is 7.60 Å². The second-order valence-electron chi connectivity index (χ2n) is 7.94. The van der Waals surface area contributed by atoms with Crippen LogP contribution in [0.5, 0.6) is 0 Å². The number of carbonyl (C=O) groups excluding carboxylic acids is 3. The van der Waals surface area contributed by atoms with Crippen LogP contribution in [0.3, 0.4) is 0 Å². The van der Waals surface area contributed by atoms with E-state index >= 15 is 0 Å². The van der Waals surface area contributed by atoms with Crippen molar-refractivity contribution in [1.29, 1.82) is 0 Å². The van der Waals surface area contributed by atoms with Gasteiger partial charge in [-0.15, -0.1) is 5.01 Å². The van der Waals surface area contributed by atoms with Gasteiger partial charge in [0.05, 0.1) is 0 Å². The van der Waals surface area contributed by atoms with Crippen LogP contribution in [-0.4, -0.2) is 59.3 Å². The van der Waals surface area contributed by atoms with Crippen LogP contribution in [-0.2, 0) is 27.9 Å². The van der Waals surface area contributed by atoms with E-state index in [0.717, 1.165) is 14.2 Å². The van der Waals surface area contributed by atoms with Crippen molar-refractivity contribution < 1.29 is 37.5 Å². The van der Waals surface area contributed by atoms with E-state index in [9.17, 15) is 18.9 Å². The molecule has 10 nitrogen and oxygen atoms in total. The Kier molecular flexibility index (Phi) is 7.07. The van der Waals surface area contributed by atoms with Crippen LogP contribution in [0.1, 0.15) is 54.4 Å². The topological polar surface area (TPSA) is 112 Å². The van der Waals surface area contributed by atoms with E-state index in [1.54, 1.807) is 41.5 Å². The molecule has 0 aromatic heterocycles. The Labute approximate surface area is 159 Å². The van der Waals surface area contributed by atoms with Gasteiger partial charge < -0.3 is 18.5 Å². The zero-order chi connectivity index (χ0) is 21.2. The summed E-state index contributed by atoms with van der Waals surface area (Å²) < 4.78 is 33.5. The van der Waals surface area contributed by atoms with E-state index in [-0.39, 0.29) is 12.8 Å². The molecule has 1 fully saturated rings. The van der Waals surface area contributed by atoms with Crippen LogP contribution in [0.2, 0.25) is 0 Å². The minimum atomic E-state index is -3.86. The highest BCUT2D eigenvalue weighted by Gasteiger charge is 2.52. The van der Waals surface area contributed by atoms with Gasteiger partial charge in [0.15, 0.2) is 5.78 Å². The number of hydrogen-bond donors (Lipinski definition) is 0. The quantitative estimate of drug-likeness (QED) is 0.652. The zero-order valence-electron chi connectivity index (χ0n) is 17.1. The van der Waals surface area contributed by atoms with Gasteiger partial charge in [-0.25, -0.2) is 9.59 Å². The van der Waals surface area contributed by atoms with Crippen LogP contribution in [0.25, 0.3) is 0 Å². The van der Waals surface area contributed by atoms with Gasteiger partial charge in [-0.2, -0.15) is 5.01 Å². The first-order chi connectivity index (χ1) is 12.1. The Morgan fingerprint density at radius 3 is 1.81 bits per heavy atom. The van der Waals surface area contributed by atoms with Crippen LogP contribution in [0.4, 0.5) is 9.59 Å². The number of imide groups is 1. The average Bonchev–Trinajstić information content (AvgIpc) is 2.50. The number of carbonyl (C=O) groups is 3. The van der Waals surface area contributed by atoms with Crippen LogP contribution in [0, 0.1) is 0 Å². The molecule has 0 saturated carbocycles. The Morgan fingerprint density at radius 1 is 0.963 bits per heavy atom. The summed E-state index contributed by atoms with van der Waals surface area (Å²) in [5.74, 6) is -1.92. The molecule has 1 aliphatic rings. The number of ether oxygens (including phenoxy) is 2. The highest BCUT2D eigenvalue weighted by atomic mass is 31.2. The van der Waals surface area contributed by atoms with Gasteiger partial charge in [-0.05, 0) is 48.0 Å². The van der Waals surface area contributed by atoms with Crippen molar-refractivity contribution in [2.75, 3.05) is 14.2 Å². The van der Waals surface area contributed by atoms with Crippen LogP contribution in [0.15, 0.2) is 0 Å². The van der Waals surface area contributed by atoms with Gasteiger partial charge in [-0.1, -0.05) is 0 Å². The summed E-state index contributed by atoms with van der Waals surface area (Å²) in [6.07, 6.45) is -2.31. The Morgan fingerprint density at radius 2 is 1.41 bits per heavy atom. The summed E-state index contributed by atoms with van der Waals surface area (Å²) >= 11 is 0. The molecule has 3 amide bonds. The van der Waals surface area contributed by atoms with Gasteiger partial charge in [0.1, 0.15) is 11.2 Å². The minimum absolute atomic E-state index is 0.0314. The van der Waals surface area contributed by atoms with E-state index in [0.29, 0.717) is 10.0 Å². The Hall–Kier alpha value is -1.64. The van der Waals surface area contributed by atoms with Gasteiger partial charge in [-0.3, -0.25) is 9.36 Å². The molecule has 27 heavy (non-hydrogen) atoms. The molecule has 0 aromatic carbocycles. The molecule has 0 aliphatic carbocycles. The molecular formula is C16H29N2O8P. The lowest BCUT2D eigenvalue weighted by atomic mass is 10.2. The first-order valence-electron chi connectivity index (χ1n) is 8.44. The van der Waals surface area contributed by atoms with Crippen molar-refractivity contribution in [3.8, 4) is 0 Å². The van der Waals surface area contributed by atoms with Crippen molar-refractivity contribution in [1.82, 2.24) is 10.0 Å². The van der Waals surface area contributed by atoms with Gasteiger partial charge in [0.25, 0.3) is 5.91 Å². The number of amides is 3. The maximum atomic E-state index is 13.0. The fourth-order valence-corrected chi connectivity index (χ4v) is 3.90. The summed E-state index contributed by atoms with van der Waals surface area (Å²) in [5.41, 5.74) is -1.85. The zero-order valence-corrected chi connectivity index (χ0v) is 18.0. The van der Waals surface area contributed by atoms with Crippen molar-refractivity contribution in [3.05, 3.63) is 0 Å². The average molecular weight is 408 g/mol. The highest BCUT2D eigenvalue weighted by molar-refractivity contribution is 7.54. The van der Waals surface area contributed by atoms with E-state index in [2.05, 4.69) is 0 Å². The Bertz CT molecular complexity index is 629. The van der Waals surface area contributed by atoms with E-state index in [4.69, 9.17) is 18.5 Å². The standard InChI is InChI=1S/C16H29N2O8P/c1-15(2,3)25-13(20)17-11(19)9-10-12(27(22,23-7)24-8)18(17)14(21)26-16(4,5)6/h12H,9-10H2,1-8H3. The van der Waals surface area contributed by atoms with E-state index < -0.39 is 42.7 Å². The normalized spacial score (nSPS) is 19.1. The highest BCUT2D eigenvalue weighted by Crippen LogP contribution is 2.56. The molecule has 1 rings (SSSR count). The molecule has 11 heteroatoms. The minimum Gasteiger partial charge on any atom is -0.442 e. The molecule has 156 valence electrons. The summed E-state index contributed by atoms with van der Waals surface area (Å²) in [7, 11) is -1.55. The number of rotatable bonds is 3. The lowest BCUT2D eigenvalue weighted by Crippen LogP contribution is -2.61. The molecule has 0 N–H and O–H groups in total. The summed E-state index contributed by atoms with van der Waals surface area (Å²) in [6.45, 7) is 9.71. The fourth-order valence-electron chi connectivity index (χ4n) is 2.35. The summed E-state index contributed by atoms with van der Waals surface area (Å²) in [4.78, 5) is 37.9. The molecule has 1 unspecified atom stereocenters. The van der Waals surface area contributed by atoms with Crippen molar-refractivity contribution >= 4 is 25.7 Å². The smallest absolute Gasteiger partial charge is 0.436 e. The monoisotopic (exact) mass is 408 g/mol. The molecule has 0 aromatic rings. The molecule has 0 spiro atoms. The largest absolute Gasteiger partial charge is 0.442 e. The number of nitrogens with zero attached hydrogens (tertiary/aromatic N) is 2. The van der Waals surface area contributed by atoms with Gasteiger partial charge in [0, 0.05) is 20.6 Å². The molecule has 1 saturated heterocycles. The molecule has 0 bridgehead atoms. The maximum Gasteiger partial charge on any atom is 0.436 e. The molecule has 0 radical (unpaired) electrons. The molecule has 1 atom stereocenters. The Balaban J connectivity index is 3.41. The first-order valence-corrected chi connectivity index (χ1v) is 10.1. The van der Waals surface area contributed by atoms with Gasteiger partial charge in [0.2, 0.25) is 0 Å². The van der Waals surface area contributed by atoms with Crippen molar-refractivity contribution in [3.63, 3.8) is 0 Å². The lowest BCUT2D eigenvalue weighted by Gasteiger charge is -2.43. The first kappa shape index (κ1) is 23.4. The SMILES string of the molecule is COP(=O)(OC)C1CCC(=O)N(C(=O)OC(C)(C)C)N1C(=O)OC(C)(C)C. The fraction of sp³-hybridized carbons (Fsp3) is 0.812. The third kappa shape index (κ3) is 5.92. The third-order valence-electron chi connectivity index (χ3n) is 3.37. The van der Waals surface area contributed by atoms with E-state index in [1.165, 1.54) is 0 Å². The lowest BCUT2D eigenvalue weighted by molar-refractivity contribution is -0.153.